The van der Waals surface area contributed by atoms with Crippen LogP contribution in [0.1, 0.15) is 20.3 Å². The molecule has 0 aromatic rings. The van der Waals surface area contributed by atoms with Gasteiger partial charge in [-0.15, -0.1) is 11.8 Å². The molecular formula is C16H24BrN3O4S. The predicted octanol–water partition coefficient (Wildman–Crippen LogP) is -0.286. The largest absolute Gasteiger partial charge is 0.395 e. The van der Waals surface area contributed by atoms with Crippen molar-refractivity contribution in [2.45, 2.75) is 47.2 Å². The van der Waals surface area contributed by atoms with Crippen LogP contribution in [0, 0.1) is 11.8 Å². The Morgan fingerprint density at radius 1 is 1.44 bits per heavy atom. The number of aliphatic hydroxyl groups excluding tert-OH is 1. The zero-order chi connectivity index (χ0) is 18.5. The molecule has 7 nitrogen and oxygen atoms in total. The number of hydrogen-bond donors (Lipinski definition) is 3. The number of hydrogen-bond acceptors (Lipinski definition) is 5. The lowest BCUT2D eigenvalue weighted by Crippen LogP contribution is -2.55. The molecule has 3 aliphatic rings. The summed E-state index contributed by atoms with van der Waals surface area (Å²) in [7, 11) is 1.57. The Bertz CT molecular complexity index is 604. The third kappa shape index (κ3) is 2.70. The number of nitrogens with zero attached hydrogens (tertiary/aromatic N) is 1. The maximum Gasteiger partial charge on any atom is 0.244 e. The first-order valence-electron chi connectivity index (χ1n) is 8.53. The minimum absolute atomic E-state index is 0.0282. The summed E-state index contributed by atoms with van der Waals surface area (Å²) in [6, 6.07) is -0.712. The summed E-state index contributed by atoms with van der Waals surface area (Å²) < 4.78 is -0.624. The summed E-state index contributed by atoms with van der Waals surface area (Å²) >= 11 is 5.25. The molecule has 3 heterocycles. The number of fused-ring (bicyclic) bond motifs is 1. The van der Waals surface area contributed by atoms with Crippen molar-refractivity contribution in [3.63, 3.8) is 0 Å². The van der Waals surface area contributed by atoms with E-state index in [1.807, 2.05) is 13.8 Å². The molecule has 3 aliphatic heterocycles. The van der Waals surface area contributed by atoms with Crippen molar-refractivity contribution in [1.82, 2.24) is 15.5 Å². The van der Waals surface area contributed by atoms with E-state index in [9.17, 15) is 19.5 Å². The number of thioether (sulfide) groups is 1. The Morgan fingerprint density at radius 2 is 2.12 bits per heavy atom. The van der Waals surface area contributed by atoms with Crippen LogP contribution < -0.4 is 10.6 Å². The lowest BCUT2D eigenvalue weighted by Gasteiger charge is -2.35. The van der Waals surface area contributed by atoms with Gasteiger partial charge in [0.15, 0.2) is 0 Å². The molecule has 1 spiro atoms. The van der Waals surface area contributed by atoms with Gasteiger partial charge in [0.05, 0.1) is 23.2 Å². The summed E-state index contributed by atoms with van der Waals surface area (Å²) in [4.78, 5) is 40.1. The Morgan fingerprint density at radius 3 is 2.68 bits per heavy atom. The number of carbonyl (C=O) groups excluding carboxylic acids is 3. The van der Waals surface area contributed by atoms with Crippen LogP contribution in [0.2, 0.25) is 0 Å². The topological polar surface area (TPSA) is 98.7 Å². The fourth-order valence-electron chi connectivity index (χ4n) is 4.61. The second-order valence-corrected chi connectivity index (χ2v) is 9.91. The fraction of sp³-hybridized carbons (Fsp3) is 0.812. The average Bonchev–Trinajstić information content (AvgIpc) is 3.11. The van der Waals surface area contributed by atoms with Crippen molar-refractivity contribution in [2.24, 2.45) is 11.8 Å². The number of carbonyl (C=O) groups is 3. The van der Waals surface area contributed by atoms with Crippen LogP contribution >= 0.6 is 27.7 Å². The third-order valence-electron chi connectivity index (χ3n) is 5.36. The molecule has 3 fully saturated rings. The molecule has 0 aromatic carbocycles. The van der Waals surface area contributed by atoms with Crippen LogP contribution in [0.5, 0.6) is 0 Å². The number of likely N-dealkylation sites (tertiary alicyclic amines) is 1. The monoisotopic (exact) mass is 433 g/mol. The maximum atomic E-state index is 13.1. The van der Waals surface area contributed by atoms with Crippen LogP contribution in [0.4, 0.5) is 0 Å². The number of alkyl halides is 1. The maximum absolute atomic E-state index is 13.1. The molecular weight excluding hydrogens is 410 g/mol. The Balaban J connectivity index is 2.04. The summed E-state index contributed by atoms with van der Waals surface area (Å²) in [5.74, 6) is -1.54. The van der Waals surface area contributed by atoms with Gasteiger partial charge in [0, 0.05) is 29.7 Å². The second-order valence-electron chi connectivity index (χ2n) is 7.20. The first-order chi connectivity index (χ1) is 11.8. The summed E-state index contributed by atoms with van der Waals surface area (Å²) in [5, 5.41) is 15.0. The van der Waals surface area contributed by atoms with Gasteiger partial charge in [0.2, 0.25) is 17.7 Å². The third-order valence-corrected chi connectivity index (χ3v) is 8.58. The van der Waals surface area contributed by atoms with E-state index >= 15 is 0 Å². The van der Waals surface area contributed by atoms with E-state index in [4.69, 9.17) is 0 Å². The molecule has 3 amide bonds. The van der Waals surface area contributed by atoms with Gasteiger partial charge in [-0.1, -0.05) is 15.9 Å². The molecule has 0 aliphatic carbocycles. The quantitative estimate of drug-likeness (QED) is 0.517. The average molecular weight is 434 g/mol. The highest BCUT2D eigenvalue weighted by Gasteiger charge is 2.75. The zero-order valence-electron chi connectivity index (χ0n) is 14.5. The van der Waals surface area contributed by atoms with Crippen LogP contribution in [0.15, 0.2) is 0 Å². The van der Waals surface area contributed by atoms with Crippen molar-refractivity contribution in [2.75, 3.05) is 20.2 Å². The van der Waals surface area contributed by atoms with Crippen molar-refractivity contribution >= 4 is 45.4 Å². The predicted molar refractivity (Wildman–Crippen MR) is 98.4 cm³/mol. The van der Waals surface area contributed by atoms with Crippen LogP contribution in [0.3, 0.4) is 0 Å². The molecule has 3 unspecified atom stereocenters. The highest BCUT2D eigenvalue weighted by Crippen LogP contribution is 2.67. The standard InChI is InChI=1S/C16H24BrN3O4S/c1-7(2)19-14(23)12-16-6-8(17)11(25-16)9(13(22)18-3)10(16)15(24)20(12)4-5-21/h7-12,21H,4-6H2,1-3H3,(H,18,22)(H,19,23)/t8?,9-,10+,11-,12?,16?/m1/s1. The van der Waals surface area contributed by atoms with Gasteiger partial charge < -0.3 is 20.6 Å². The Kier molecular flexibility index (Phi) is 5.11. The minimum atomic E-state index is -0.663. The molecule has 25 heavy (non-hydrogen) atoms. The minimum Gasteiger partial charge on any atom is -0.395 e. The summed E-state index contributed by atoms with van der Waals surface area (Å²) in [5.41, 5.74) is 0. The molecule has 3 rings (SSSR count). The summed E-state index contributed by atoms with van der Waals surface area (Å²) in [6.07, 6.45) is 0.657. The van der Waals surface area contributed by atoms with Crippen molar-refractivity contribution < 1.29 is 19.5 Å². The van der Waals surface area contributed by atoms with Gasteiger partial charge in [0.25, 0.3) is 0 Å². The molecule has 0 aromatic heterocycles. The number of rotatable bonds is 5. The molecule has 0 radical (unpaired) electrons. The van der Waals surface area contributed by atoms with Gasteiger partial charge >= 0.3 is 0 Å². The molecule has 2 bridgehead atoms. The molecule has 6 atom stereocenters. The highest BCUT2D eigenvalue weighted by molar-refractivity contribution is 9.09. The van der Waals surface area contributed by atoms with E-state index in [1.54, 1.807) is 18.8 Å². The van der Waals surface area contributed by atoms with E-state index in [-0.39, 0.29) is 47.0 Å². The normalized spacial score (nSPS) is 39.0. The smallest absolute Gasteiger partial charge is 0.244 e. The molecule has 3 N–H and O–H groups in total. The second kappa shape index (κ2) is 6.74. The fourth-order valence-corrected chi connectivity index (χ4v) is 8.22. The summed E-state index contributed by atoms with van der Waals surface area (Å²) in [6.45, 7) is 3.64. The Labute approximate surface area is 159 Å². The van der Waals surface area contributed by atoms with Crippen LogP contribution in [0.25, 0.3) is 0 Å². The first kappa shape index (κ1) is 19.0. The Hall–Kier alpha value is -0.800. The van der Waals surface area contributed by atoms with Gasteiger partial charge in [-0.2, -0.15) is 0 Å². The van der Waals surface area contributed by atoms with E-state index < -0.39 is 22.6 Å². The molecule has 9 heteroatoms. The van der Waals surface area contributed by atoms with Crippen molar-refractivity contribution in [3.05, 3.63) is 0 Å². The number of aliphatic hydroxyl groups is 1. The van der Waals surface area contributed by atoms with E-state index in [0.717, 1.165) is 0 Å². The van der Waals surface area contributed by atoms with Crippen LogP contribution in [-0.4, -0.2) is 74.8 Å². The van der Waals surface area contributed by atoms with E-state index in [1.165, 1.54) is 4.90 Å². The van der Waals surface area contributed by atoms with Crippen molar-refractivity contribution in [3.8, 4) is 0 Å². The number of nitrogens with one attached hydrogen (secondary N) is 2. The number of amides is 3. The van der Waals surface area contributed by atoms with Crippen LogP contribution in [-0.2, 0) is 14.4 Å². The molecule has 3 saturated heterocycles. The van der Waals surface area contributed by atoms with Gasteiger partial charge in [-0.05, 0) is 20.3 Å². The lowest BCUT2D eigenvalue weighted by molar-refractivity contribution is -0.140. The van der Waals surface area contributed by atoms with E-state index in [0.29, 0.717) is 6.42 Å². The number of β-amino-alcohol motifs (C(OH)–C–C–N with tert-alkyl or cyclic N) is 1. The number of halogens is 1. The molecule has 0 saturated carbocycles. The molecule has 140 valence electrons. The lowest BCUT2D eigenvalue weighted by atomic mass is 9.70. The SMILES string of the molecule is CNC(=O)[C@H]1[C@@H]2SC3(CC2Br)C(C(=O)NC(C)C)N(CCO)C(=O)[C@H]13. The van der Waals surface area contributed by atoms with Gasteiger partial charge in [0.1, 0.15) is 6.04 Å². The van der Waals surface area contributed by atoms with Gasteiger partial charge in [-0.25, -0.2) is 0 Å². The van der Waals surface area contributed by atoms with Gasteiger partial charge in [-0.3, -0.25) is 14.4 Å². The highest BCUT2D eigenvalue weighted by atomic mass is 79.9. The van der Waals surface area contributed by atoms with E-state index in [2.05, 4.69) is 26.6 Å². The van der Waals surface area contributed by atoms with Crippen molar-refractivity contribution in [1.29, 1.82) is 0 Å². The zero-order valence-corrected chi connectivity index (χ0v) is 16.9. The first-order valence-corrected chi connectivity index (χ1v) is 10.3.